The first-order valence-corrected chi connectivity index (χ1v) is 15.5. The Morgan fingerprint density at radius 2 is 1.55 bits per heavy atom. The van der Waals surface area contributed by atoms with Crippen molar-refractivity contribution in [3.05, 3.63) is 95.0 Å². The molecule has 1 aliphatic rings. The van der Waals surface area contributed by atoms with Crippen LogP contribution in [-0.2, 0) is 26.2 Å². The van der Waals surface area contributed by atoms with Gasteiger partial charge in [-0.25, -0.2) is 8.42 Å². The van der Waals surface area contributed by atoms with Crippen LogP contribution in [0, 0.1) is 6.92 Å². The van der Waals surface area contributed by atoms with Crippen molar-refractivity contribution in [2.45, 2.75) is 69.5 Å². The van der Waals surface area contributed by atoms with Gasteiger partial charge < -0.3 is 10.2 Å². The van der Waals surface area contributed by atoms with Gasteiger partial charge in [-0.05, 0) is 62.6 Å². The molecular weight excluding hydrogens is 546 g/mol. The van der Waals surface area contributed by atoms with Gasteiger partial charge in [0.1, 0.15) is 12.6 Å². The van der Waals surface area contributed by atoms with Crippen molar-refractivity contribution in [2.75, 3.05) is 10.8 Å². The fourth-order valence-electron chi connectivity index (χ4n) is 4.92. The highest BCUT2D eigenvalue weighted by Gasteiger charge is 2.33. The zero-order valence-corrected chi connectivity index (χ0v) is 24.5. The lowest BCUT2D eigenvalue weighted by Crippen LogP contribution is -2.53. The van der Waals surface area contributed by atoms with Gasteiger partial charge in [0.05, 0.1) is 10.6 Å². The van der Waals surface area contributed by atoms with Crippen LogP contribution in [0.5, 0.6) is 0 Å². The average molecular weight is 582 g/mol. The molecule has 9 heteroatoms. The monoisotopic (exact) mass is 581 g/mol. The molecule has 1 saturated carbocycles. The van der Waals surface area contributed by atoms with Gasteiger partial charge in [-0.2, -0.15) is 0 Å². The summed E-state index contributed by atoms with van der Waals surface area (Å²) in [5, 5.41) is 3.57. The molecule has 0 heterocycles. The number of carbonyl (C=O) groups excluding carboxylic acids is 2. The van der Waals surface area contributed by atoms with Crippen molar-refractivity contribution in [3.8, 4) is 0 Å². The Morgan fingerprint density at radius 1 is 0.925 bits per heavy atom. The molecule has 7 nitrogen and oxygen atoms in total. The number of sulfonamides is 1. The van der Waals surface area contributed by atoms with Crippen LogP contribution >= 0.6 is 11.6 Å². The van der Waals surface area contributed by atoms with Gasteiger partial charge in [0.15, 0.2) is 0 Å². The third-order valence-corrected chi connectivity index (χ3v) is 9.51. The van der Waals surface area contributed by atoms with Crippen molar-refractivity contribution >= 4 is 39.1 Å². The minimum absolute atomic E-state index is 0.0605. The van der Waals surface area contributed by atoms with Gasteiger partial charge in [0.2, 0.25) is 11.8 Å². The second-order valence-electron chi connectivity index (χ2n) is 10.3. The van der Waals surface area contributed by atoms with E-state index in [4.69, 9.17) is 11.6 Å². The van der Waals surface area contributed by atoms with Crippen LogP contribution in [0.2, 0.25) is 5.02 Å². The quantitative estimate of drug-likeness (QED) is 0.332. The van der Waals surface area contributed by atoms with Gasteiger partial charge in [-0.3, -0.25) is 13.9 Å². The largest absolute Gasteiger partial charge is 0.352 e. The van der Waals surface area contributed by atoms with Crippen molar-refractivity contribution < 1.29 is 18.0 Å². The smallest absolute Gasteiger partial charge is 0.264 e. The fourth-order valence-corrected chi connectivity index (χ4v) is 6.53. The van der Waals surface area contributed by atoms with Crippen LogP contribution in [0.25, 0.3) is 0 Å². The van der Waals surface area contributed by atoms with E-state index < -0.39 is 28.5 Å². The normalized spacial score (nSPS) is 14.8. The SMILES string of the molecule is Cc1ccc(S(=O)(=O)N(CC(=O)N(Cc2ccccc2Cl)C(C)C(=O)NC2CCCCC2)c2ccccc2)cc1. The Kier molecular flexibility index (Phi) is 9.87. The molecule has 1 fully saturated rings. The zero-order chi connectivity index (χ0) is 28.7. The second kappa shape index (κ2) is 13.3. The van der Waals surface area contributed by atoms with E-state index in [1.807, 2.05) is 13.0 Å². The maximum absolute atomic E-state index is 14.0. The van der Waals surface area contributed by atoms with Gasteiger partial charge >= 0.3 is 0 Å². The molecule has 0 radical (unpaired) electrons. The first-order valence-electron chi connectivity index (χ1n) is 13.6. The number of benzene rings is 3. The molecule has 0 spiro atoms. The number of amides is 2. The summed E-state index contributed by atoms with van der Waals surface area (Å²) < 4.78 is 28.8. The van der Waals surface area contributed by atoms with Gasteiger partial charge in [-0.1, -0.05) is 85.0 Å². The van der Waals surface area contributed by atoms with E-state index in [2.05, 4.69) is 5.32 Å². The first kappa shape index (κ1) is 29.6. The lowest BCUT2D eigenvalue weighted by atomic mass is 9.95. The molecule has 1 atom stereocenters. The van der Waals surface area contributed by atoms with Crippen LogP contribution in [0.1, 0.15) is 50.2 Å². The molecule has 3 aromatic rings. The second-order valence-corrected chi connectivity index (χ2v) is 12.6. The predicted molar refractivity (Wildman–Crippen MR) is 159 cm³/mol. The van der Waals surface area contributed by atoms with Crippen LogP contribution in [0.3, 0.4) is 0 Å². The lowest BCUT2D eigenvalue weighted by molar-refractivity contribution is -0.139. The molecule has 0 bridgehead atoms. The van der Waals surface area contributed by atoms with Crippen molar-refractivity contribution in [2.24, 2.45) is 0 Å². The molecule has 2 amide bonds. The number of aryl methyl sites for hydroxylation is 1. The Labute approximate surface area is 242 Å². The highest BCUT2D eigenvalue weighted by Crippen LogP contribution is 2.26. The van der Waals surface area contributed by atoms with Crippen LogP contribution < -0.4 is 9.62 Å². The summed E-state index contributed by atoms with van der Waals surface area (Å²) in [6, 6.07) is 21.4. The standard InChI is InChI=1S/C31H36ClN3O4S/c1-23-17-19-28(20-18-23)40(38,39)35(27-14-7-4-8-15-27)22-30(36)34(21-25-11-9-10-16-29(25)32)24(2)31(37)33-26-12-5-3-6-13-26/h4,7-11,14-20,24,26H,3,5-6,12-13,21-22H2,1-2H3,(H,33,37). The number of nitrogens with zero attached hydrogens (tertiary/aromatic N) is 2. The van der Waals surface area contributed by atoms with Crippen LogP contribution in [0.4, 0.5) is 5.69 Å². The summed E-state index contributed by atoms with van der Waals surface area (Å²) in [6.45, 7) is 3.13. The number of nitrogens with one attached hydrogen (secondary N) is 1. The fraction of sp³-hybridized carbons (Fsp3) is 0.355. The van der Waals surface area contributed by atoms with Crippen molar-refractivity contribution in [3.63, 3.8) is 0 Å². The van der Waals surface area contributed by atoms with Crippen LogP contribution in [-0.4, -0.2) is 43.8 Å². The predicted octanol–water partition coefficient (Wildman–Crippen LogP) is 5.71. The molecule has 212 valence electrons. The molecule has 3 aromatic carbocycles. The average Bonchev–Trinajstić information content (AvgIpc) is 2.96. The Morgan fingerprint density at radius 3 is 2.20 bits per heavy atom. The number of hydrogen-bond acceptors (Lipinski definition) is 4. The molecule has 0 aromatic heterocycles. The molecule has 4 rings (SSSR count). The van der Waals surface area contributed by atoms with Crippen LogP contribution in [0.15, 0.2) is 83.8 Å². The summed E-state index contributed by atoms with van der Waals surface area (Å²) >= 11 is 6.44. The lowest BCUT2D eigenvalue weighted by Gasteiger charge is -2.33. The van der Waals surface area contributed by atoms with E-state index >= 15 is 0 Å². The minimum atomic E-state index is -4.09. The van der Waals surface area contributed by atoms with Gasteiger partial charge in [0.25, 0.3) is 10.0 Å². The maximum Gasteiger partial charge on any atom is 0.264 e. The summed E-state index contributed by atoms with van der Waals surface area (Å²) in [6.07, 6.45) is 5.10. The van der Waals surface area contributed by atoms with Gasteiger partial charge in [-0.15, -0.1) is 0 Å². The molecule has 1 unspecified atom stereocenters. The van der Waals surface area contributed by atoms with E-state index in [1.165, 1.54) is 17.0 Å². The van der Waals surface area contributed by atoms with E-state index in [-0.39, 0.29) is 23.4 Å². The number of anilines is 1. The third kappa shape index (κ3) is 7.23. The summed E-state index contributed by atoms with van der Waals surface area (Å²) in [5.41, 5.74) is 1.95. The third-order valence-electron chi connectivity index (χ3n) is 7.35. The topological polar surface area (TPSA) is 86.8 Å². The molecule has 0 aliphatic heterocycles. The van der Waals surface area contributed by atoms with E-state index in [0.29, 0.717) is 16.3 Å². The van der Waals surface area contributed by atoms with Crippen molar-refractivity contribution in [1.29, 1.82) is 0 Å². The molecular formula is C31H36ClN3O4S. The van der Waals surface area contributed by atoms with E-state index in [9.17, 15) is 18.0 Å². The Balaban J connectivity index is 1.66. The van der Waals surface area contributed by atoms with Crippen molar-refractivity contribution in [1.82, 2.24) is 10.2 Å². The highest BCUT2D eigenvalue weighted by atomic mass is 35.5. The number of carbonyl (C=O) groups is 2. The number of hydrogen-bond donors (Lipinski definition) is 1. The number of halogens is 1. The summed E-state index contributed by atoms with van der Waals surface area (Å²) in [5.74, 6) is -0.772. The van der Waals surface area contributed by atoms with E-state index in [0.717, 1.165) is 42.0 Å². The Hall–Kier alpha value is -3.36. The summed E-state index contributed by atoms with van der Waals surface area (Å²) in [7, 11) is -4.09. The molecule has 40 heavy (non-hydrogen) atoms. The van der Waals surface area contributed by atoms with Gasteiger partial charge in [0, 0.05) is 17.6 Å². The Bertz CT molecular complexity index is 1410. The summed E-state index contributed by atoms with van der Waals surface area (Å²) in [4.78, 5) is 28.9. The first-order chi connectivity index (χ1) is 19.2. The number of para-hydroxylation sites is 1. The number of rotatable bonds is 10. The molecule has 0 saturated heterocycles. The van der Waals surface area contributed by atoms with E-state index in [1.54, 1.807) is 67.6 Å². The zero-order valence-electron chi connectivity index (χ0n) is 22.9. The maximum atomic E-state index is 14.0. The minimum Gasteiger partial charge on any atom is -0.352 e. The highest BCUT2D eigenvalue weighted by molar-refractivity contribution is 7.92. The molecule has 1 N–H and O–H groups in total. The molecule has 1 aliphatic carbocycles.